The van der Waals surface area contributed by atoms with Crippen molar-refractivity contribution in [1.82, 2.24) is 4.98 Å². The molecular weight excluding hydrogens is 240 g/mol. The van der Waals surface area contributed by atoms with Gasteiger partial charge < -0.3 is 10.3 Å². The van der Waals surface area contributed by atoms with E-state index in [1.165, 1.54) is 6.42 Å². The third-order valence-corrected chi connectivity index (χ3v) is 4.15. The summed E-state index contributed by atoms with van der Waals surface area (Å²) in [5.41, 5.74) is 1.19. The molecule has 0 unspecified atom stereocenters. The van der Waals surface area contributed by atoms with Crippen molar-refractivity contribution in [3.05, 3.63) is 28.2 Å². The normalized spacial score (nSPS) is 23.1. The van der Waals surface area contributed by atoms with Gasteiger partial charge in [0.25, 0.3) is 5.56 Å². The van der Waals surface area contributed by atoms with Crippen molar-refractivity contribution in [2.24, 2.45) is 11.8 Å². The van der Waals surface area contributed by atoms with Gasteiger partial charge in [-0.15, -0.1) is 0 Å². The van der Waals surface area contributed by atoms with Gasteiger partial charge in [0.1, 0.15) is 0 Å². The first-order valence-corrected chi connectivity index (χ1v) is 7.10. The summed E-state index contributed by atoms with van der Waals surface area (Å²) in [7, 11) is 0. The predicted molar refractivity (Wildman–Crippen MR) is 76.2 cm³/mol. The maximum atomic E-state index is 12.2. The van der Waals surface area contributed by atoms with Crippen molar-refractivity contribution in [3.8, 4) is 0 Å². The first kappa shape index (κ1) is 13.8. The van der Waals surface area contributed by atoms with Crippen LogP contribution in [0.15, 0.2) is 17.1 Å². The lowest BCUT2D eigenvalue weighted by Crippen LogP contribution is -2.27. The number of hydrogen-bond acceptors (Lipinski definition) is 2. The fourth-order valence-corrected chi connectivity index (χ4v) is 2.75. The second-order valence-corrected chi connectivity index (χ2v) is 5.52. The Morgan fingerprint density at radius 2 is 2.05 bits per heavy atom. The van der Waals surface area contributed by atoms with E-state index in [2.05, 4.69) is 17.2 Å². The summed E-state index contributed by atoms with van der Waals surface area (Å²) < 4.78 is 0. The molecule has 4 heteroatoms. The third-order valence-electron chi connectivity index (χ3n) is 4.15. The first-order valence-electron chi connectivity index (χ1n) is 7.10. The van der Waals surface area contributed by atoms with Crippen LogP contribution in [0.1, 0.15) is 44.6 Å². The lowest BCUT2D eigenvalue weighted by Gasteiger charge is -2.26. The average Bonchev–Trinajstić information content (AvgIpc) is 2.43. The molecule has 4 nitrogen and oxygen atoms in total. The number of amides is 1. The van der Waals surface area contributed by atoms with Crippen LogP contribution in [0.25, 0.3) is 0 Å². The van der Waals surface area contributed by atoms with E-state index in [9.17, 15) is 9.59 Å². The van der Waals surface area contributed by atoms with Gasteiger partial charge in [-0.2, -0.15) is 0 Å². The molecule has 104 valence electrons. The summed E-state index contributed by atoms with van der Waals surface area (Å²) in [5, 5.41) is 2.90. The number of anilines is 1. The molecule has 1 heterocycles. The van der Waals surface area contributed by atoms with E-state index in [4.69, 9.17) is 0 Å². The van der Waals surface area contributed by atoms with Crippen LogP contribution in [0, 0.1) is 18.8 Å². The summed E-state index contributed by atoms with van der Waals surface area (Å²) in [6, 6.07) is 1.72. The molecule has 1 aliphatic carbocycles. The summed E-state index contributed by atoms with van der Waals surface area (Å²) >= 11 is 0. The maximum Gasteiger partial charge on any atom is 0.250 e. The number of aromatic amines is 1. The number of aromatic nitrogens is 1. The fourth-order valence-electron chi connectivity index (χ4n) is 2.75. The highest BCUT2D eigenvalue weighted by Gasteiger charge is 2.25. The summed E-state index contributed by atoms with van der Waals surface area (Å²) in [6.07, 6.45) is 7.04. The van der Waals surface area contributed by atoms with E-state index in [-0.39, 0.29) is 17.4 Å². The molecule has 0 radical (unpaired) electrons. The number of carbonyl (C=O) groups is 1. The minimum Gasteiger partial charge on any atom is -0.327 e. The zero-order valence-electron chi connectivity index (χ0n) is 11.7. The lowest BCUT2D eigenvalue weighted by atomic mass is 9.80. The van der Waals surface area contributed by atoms with E-state index in [1.807, 2.05) is 0 Å². The van der Waals surface area contributed by atoms with Crippen LogP contribution in [-0.2, 0) is 4.79 Å². The van der Waals surface area contributed by atoms with Gasteiger partial charge in [-0.25, -0.2) is 0 Å². The summed E-state index contributed by atoms with van der Waals surface area (Å²) in [4.78, 5) is 26.0. The molecule has 2 N–H and O–H groups in total. The van der Waals surface area contributed by atoms with Gasteiger partial charge >= 0.3 is 0 Å². The highest BCUT2D eigenvalue weighted by molar-refractivity contribution is 5.92. The van der Waals surface area contributed by atoms with Crippen molar-refractivity contribution in [3.63, 3.8) is 0 Å². The van der Waals surface area contributed by atoms with E-state index >= 15 is 0 Å². The largest absolute Gasteiger partial charge is 0.327 e. The van der Waals surface area contributed by atoms with Gasteiger partial charge in [-0.1, -0.05) is 13.3 Å². The monoisotopic (exact) mass is 262 g/mol. The van der Waals surface area contributed by atoms with Crippen LogP contribution >= 0.6 is 0 Å². The number of aryl methyl sites for hydroxylation is 1. The Kier molecular flexibility index (Phi) is 4.40. The average molecular weight is 262 g/mol. The van der Waals surface area contributed by atoms with Crippen molar-refractivity contribution < 1.29 is 4.79 Å². The number of rotatable bonds is 3. The molecular formula is C15H22N2O2. The molecule has 0 aromatic carbocycles. The Labute approximate surface area is 113 Å². The smallest absolute Gasteiger partial charge is 0.250 e. The van der Waals surface area contributed by atoms with Crippen LogP contribution in [0.3, 0.4) is 0 Å². The van der Waals surface area contributed by atoms with Crippen LogP contribution in [0.2, 0.25) is 0 Å². The van der Waals surface area contributed by atoms with Gasteiger partial charge in [0.2, 0.25) is 5.91 Å². The van der Waals surface area contributed by atoms with Gasteiger partial charge in [-0.3, -0.25) is 9.59 Å². The molecule has 1 fully saturated rings. The molecule has 0 aliphatic heterocycles. The summed E-state index contributed by atoms with van der Waals surface area (Å²) in [5.74, 6) is 0.996. The Bertz CT molecular complexity index is 499. The molecule has 0 saturated heterocycles. The van der Waals surface area contributed by atoms with Crippen LogP contribution in [0.4, 0.5) is 5.69 Å². The minimum absolute atomic E-state index is 0.0843. The Balaban J connectivity index is 1.94. The third kappa shape index (κ3) is 3.46. The zero-order valence-corrected chi connectivity index (χ0v) is 11.7. The number of hydrogen-bond donors (Lipinski definition) is 2. The van der Waals surface area contributed by atoms with Gasteiger partial charge in [0.05, 0.1) is 5.69 Å². The van der Waals surface area contributed by atoms with E-state index < -0.39 is 0 Å². The fraction of sp³-hybridized carbons (Fsp3) is 0.600. The Morgan fingerprint density at radius 3 is 2.63 bits per heavy atom. The standard InChI is InChI=1S/C15H22N2O2/c1-3-11-4-6-12(7-5-11)15(19)17-13-8-10(2)14(18)16-9-13/h8-9,11-12H,3-7H2,1-2H3,(H,16,18)(H,17,19). The highest BCUT2D eigenvalue weighted by Crippen LogP contribution is 2.31. The molecule has 2 rings (SSSR count). The molecule has 1 saturated carbocycles. The quantitative estimate of drug-likeness (QED) is 0.879. The number of pyridine rings is 1. The first-order chi connectivity index (χ1) is 9.10. The molecule has 1 aromatic heterocycles. The lowest BCUT2D eigenvalue weighted by molar-refractivity contribution is -0.121. The van der Waals surface area contributed by atoms with Crippen LogP contribution in [-0.4, -0.2) is 10.9 Å². The van der Waals surface area contributed by atoms with Crippen molar-refractivity contribution >= 4 is 11.6 Å². The minimum atomic E-state index is -0.110. The number of carbonyl (C=O) groups excluding carboxylic acids is 1. The molecule has 0 bridgehead atoms. The Hall–Kier alpha value is -1.58. The van der Waals surface area contributed by atoms with Crippen molar-refractivity contribution in [2.45, 2.75) is 46.0 Å². The van der Waals surface area contributed by atoms with Crippen molar-refractivity contribution in [2.75, 3.05) is 5.32 Å². The van der Waals surface area contributed by atoms with Gasteiger partial charge in [0.15, 0.2) is 0 Å². The second kappa shape index (κ2) is 6.04. The van der Waals surface area contributed by atoms with Gasteiger partial charge in [0, 0.05) is 17.7 Å². The van der Waals surface area contributed by atoms with E-state index in [1.54, 1.807) is 19.2 Å². The molecule has 0 atom stereocenters. The summed E-state index contributed by atoms with van der Waals surface area (Å²) in [6.45, 7) is 3.95. The molecule has 1 aliphatic rings. The van der Waals surface area contributed by atoms with Gasteiger partial charge in [-0.05, 0) is 44.6 Å². The van der Waals surface area contributed by atoms with Crippen LogP contribution in [0.5, 0.6) is 0 Å². The van der Waals surface area contributed by atoms with Crippen LogP contribution < -0.4 is 10.9 Å². The predicted octanol–water partition coefficient (Wildman–Crippen LogP) is 2.84. The molecule has 0 spiro atoms. The highest BCUT2D eigenvalue weighted by atomic mass is 16.2. The molecule has 1 amide bonds. The zero-order chi connectivity index (χ0) is 13.8. The maximum absolute atomic E-state index is 12.2. The Morgan fingerprint density at radius 1 is 1.37 bits per heavy atom. The number of H-pyrrole nitrogens is 1. The topological polar surface area (TPSA) is 62.0 Å². The van der Waals surface area contributed by atoms with E-state index in [0.717, 1.165) is 31.6 Å². The SMILES string of the molecule is CCC1CCC(C(=O)Nc2c[nH]c(=O)c(C)c2)CC1. The number of nitrogens with one attached hydrogen (secondary N) is 2. The van der Waals surface area contributed by atoms with Crippen molar-refractivity contribution in [1.29, 1.82) is 0 Å². The molecule has 19 heavy (non-hydrogen) atoms. The second-order valence-electron chi connectivity index (χ2n) is 5.52. The van der Waals surface area contributed by atoms with E-state index in [0.29, 0.717) is 11.3 Å². The molecule has 1 aromatic rings.